The van der Waals surface area contributed by atoms with E-state index in [0.29, 0.717) is 13.0 Å². The summed E-state index contributed by atoms with van der Waals surface area (Å²) in [7, 11) is 1.63. The predicted molar refractivity (Wildman–Crippen MR) is 116 cm³/mol. The Kier molecular flexibility index (Phi) is 5.80. The Bertz CT molecular complexity index is 918. The summed E-state index contributed by atoms with van der Waals surface area (Å²) in [5.41, 5.74) is 1.81. The molecule has 2 aromatic rings. The van der Waals surface area contributed by atoms with Gasteiger partial charge in [0.05, 0.1) is 7.11 Å². The number of benzene rings is 2. The van der Waals surface area contributed by atoms with Gasteiger partial charge < -0.3 is 15.0 Å². The summed E-state index contributed by atoms with van der Waals surface area (Å²) >= 11 is 0. The molecule has 0 saturated heterocycles. The predicted octanol–water partition coefficient (Wildman–Crippen LogP) is 4.10. The van der Waals surface area contributed by atoms with Crippen molar-refractivity contribution in [3.05, 3.63) is 65.2 Å². The zero-order valence-electron chi connectivity index (χ0n) is 17.8. The Hall–Kier alpha value is -2.82. The summed E-state index contributed by atoms with van der Waals surface area (Å²) in [4.78, 5) is 28.9. The molecule has 0 radical (unpaired) electrons. The van der Waals surface area contributed by atoms with E-state index in [4.69, 9.17) is 4.74 Å². The highest BCUT2D eigenvalue weighted by atomic mass is 16.5. The van der Waals surface area contributed by atoms with Gasteiger partial charge in [-0.25, -0.2) is 0 Å². The summed E-state index contributed by atoms with van der Waals surface area (Å²) in [6, 6.07) is 15.5. The second kappa shape index (κ2) is 8.50. The van der Waals surface area contributed by atoms with Gasteiger partial charge in [-0.1, -0.05) is 49.6 Å². The van der Waals surface area contributed by atoms with E-state index in [1.165, 1.54) is 6.42 Å². The van der Waals surface area contributed by atoms with Gasteiger partial charge in [0, 0.05) is 24.6 Å². The van der Waals surface area contributed by atoms with Crippen LogP contribution in [0.2, 0.25) is 0 Å². The maximum absolute atomic E-state index is 13.5. The zero-order chi connectivity index (χ0) is 21.1. The van der Waals surface area contributed by atoms with Crippen molar-refractivity contribution >= 4 is 11.8 Å². The van der Waals surface area contributed by atoms with Gasteiger partial charge in [0.15, 0.2) is 0 Å². The molecule has 30 heavy (non-hydrogen) atoms. The third-order valence-electron chi connectivity index (χ3n) is 6.57. The number of hydrogen-bond donors (Lipinski definition) is 1. The van der Waals surface area contributed by atoms with Crippen LogP contribution in [0.5, 0.6) is 5.75 Å². The fraction of sp³-hybridized carbons (Fsp3) is 0.440. The van der Waals surface area contributed by atoms with E-state index in [-0.39, 0.29) is 17.9 Å². The van der Waals surface area contributed by atoms with Crippen molar-refractivity contribution in [2.75, 3.05) is 7.11 Å². The molecular formula is C25H30N2O3. The maximum atomic E-state index is 13.5. The minimum absolute atomic E-state index is 0.00847. The molecule has 1 saturated carbocycles. The molecule has 2 aliphatic rings. The third kappa shape index (κ3) is 3.81. The molecular weight excluding hydrogens is 376 g/mol. The minimum Gasteiger partial charge on any atom is -0.497 e. The number of amides is 2. The average Bonchev–Trinajstić information content (AvgIpc) is 2.78. The first-order valence-electron chi connectivity index (χ1n) is 10.9. The number of nitrogens with zero attached hydrogens (tertiary/aromatic N) is 1. The molecule has 2 aromatic carbocycles. The van der Waals surface area contributed by atoms with Crippen LogP contribution in [0.4, 0.5) is 0 Å². The van der Waals surface area contributed by atoms with Gasteiger partial charge in [-0.3, -0.25) is 9.59 Å². The van der Waals surface area contributed by atoms with E-state index in [0.717, 1.165) is 48.1 Å². The number of nitrogens with one attached hydrogen (secondary N) is 1. The summed E-state index contributed by atoms with van der Waals surface area (Å²) in [6.07, 6.45) is 5.90. The summed E-state index contributed by atoms with van der Waals surface area (Å²) in [6.45, 7) is 2.35. The van der Waals surface area contributed by atoms with Crippen LogP contribution in [0.15, 0.2) is 48.5 Å². The highest BCUT2D eigenvalue weighted by molar-refractivity contribution is 6.02. The van der Waals surface area contributed by atoms with E-state index in [9.17, 15) is 9.59 Å². The average molecular weight is 407 g/mol. The van der Waals surface area contributed by atoms with Crippen LogP contribution in [0.1, 0.15) is 60.5 Å². The number of fused-ring (bicyclic) bond motifs is 1. The van der Waals surface area contributed by atoms with Crippen LogP contribution in [0.25, 0.3) is 0 Å². The molecule has 5 heteroatoms. The van der Waals surface area contributed by atoms with E-state index in [1.54, 1.807) is 7.11 Å². The Balaban J connectivity index is 1.59. The third-order valence-corrected chi connectivity index (χ3v) is 6.57. The van der Waals surface area contributed by atoms with Gasteiger partial charge in [-0.15, -0.1) is 0 Å². The maximum Gasteiger partial charge on any atom is 0.255 e. The van der Waals surface area contributed by atoms with E-state index < -0.39 is 5.54 Å². The molecule has 1 aliphatic heterocycles. The fourth-order valence-electron chi connectivity index (χ4n) is 4.91. The van der Waals surface area contributed by atoms with E-state index >= 15 is 0 Å². The molecule has 0 bridgehead atoms. The van der Waals surface area contributed by atoms with Gasteiger partial charge >= 0.3 is 0 Å². The molecule has 0 unspecified atom stereocenters. The van der Waals surface area contributed by atoms with E-state index in [1.807, 2.05) is 60.4 Å². The first kappa shape index (κ1) is 20.5. The van der Waals surface area contributed by atoms with E-state index in [2.05, 4.69) is 5.32 Å². The first-order valence-corrected chi connectivity index (χ1v) is 10.9. The lowest BCUT2D eigenvalue weighted by atomic mass is 9.79. The number of rotatable bonds is 5. The van der Waals surface area contributed by atoms with Crippen LogP contribution >= 0.6 is 0 Å². The molecule has 1 heterocycles. The standard InChI is InChI=1S/C25H30N2O3/c1-25(24(29)26-17-18-12-14-21(30-2)15-13-18)16-19-8-6-7-11-22(19)23(28)27(25)20-9-4-3-5-10-20/h6-8,11-15,20H,3-5,9-10,16-17H2,1-2H3,(H,26,29)/t25-/m1/s1. The van der Waals surface area contributed by atoms with Crippen LogP contribution in [0.3, 0.4) is 0 Å². The first-order chi connectivity index (χ1) is 14.5. The molecule has 158 valence electrons. The van der Waals surface area contributed by atoms with Crippen molar-refractivity contribution in [3.8, 4) is 5.75 Å². The Labute approximate surface area is 178 Å². The highest BCUT2D eigenvalue weighted by Gasteiger charge is 2.49. The summed E-state index contributed by atoms with van der Waals surface area (Å²) < 4.78 is 5.20. The van der Waals surface area contributed by atoms with Crippen molar-refractivity contribution in [2.24, 2.45) is 0 Å². The quantitative estimate of drug-likeness (QED) is 0.813. The van der Waals surface area contributed by atoms with Crippen LogP contribution < -0.4 is 10.1 Å². The number of carbonyl (C=O) groups is 2. The lowest BCUT2D eigenvalue weighted by Crippen LogP contribution is -2.65. The molecule has 1 fully saturated rings. The smallest absolute Gasteiger partial charge is 0.255 e. The van der Waals surface area contributed by atoms with Gasteiger partial charge in [-0.2, -0.15) is 0 Å². The second-order valence-corrected chi connectivity index (χ2v) is 8.61. The minimum atomic E-state index is -0.889. The lowest BCUT2D eigenvalue weighted by molar-refractivity contribution is -0.133. The number of hydrogen-bond acceptors (Lipinski definition) is 3. The topological polar surface area (TPSA) is 58.6 Å². The van der Waals surface area contributed by atoms with Crippen LogP contribution in [-0.2, 0) is 17.8 Å². The lowest BCUT2D eigenvalue weighted by Gasteiger charge is -2.49. The summed E-state index contributed by atoms with van der Waals surface area (Å²) in [5, 5.41) is 3.09. The Morgan fingerprint density at radius 2 is 1.80 bits per heavy atom. The normalized spacial score (nSPS) is 21.8. The van der Waals surface area contributed by atoms with Crippen LogP contribution in [-0.4, -0.2) is 35.4 Å². The molecule has 0 spiro atoms. The monoisotopic (exact) mass is 406 g/mol. The number of ether oxygens (including phenoxy) is 1. The Morgan fingerprint density at radius 3 is 2.50 bits per heavy atom. The van der Waals surface area contributed by atoms with Crippen LogP contribution in [0, 0.1) is 0 Å². The SMILES string of the molecule is COc1ccc(CNC(=O)[C@@]2(C)Cc3ccccc3C(=O)N2C2CCCCC2)cc1. The van der Waals surface area contributed by atoms with Crippen molar-refractivity contribution < 1.29 is 14.3 Å². The molecule has 4 rings (SSSR count). The molecule has 5 nitrogen and oxygen atoms in total. The fourth-order valence-corrected chi connectivity index (χ4v) is 4.91. The van der Waals surface area contributed by atoms with Crippen molar-refractivity contribution in [2.45, 2.75) is 63.6 Å². The number of methoxy groups -OCH3 is 1. The van der Waals surface area contributed by atoms with Gasteiger partial charge in [0.1, 0.15) is 11.3 Å². The molecule has 1 atom stereocenters. The van der Waals surface area contributed by atoms with Crippen molar-refractivity contribution in [3.63, 3.8) is 0 Å². The molecule has 1 N–H and O–H groups in total. The molecule has 2 amide bonds. The largest absolute Gasteiger partial charge is 0.497 e. The Morgan fingerprint density at radius 1 is 1.10 bits per heavy atom. The highest BCUT2D eigenvalue weighted by Crippen LogP contribution is 2.37. The second-order valence-electron chi connectivity index (χ2n) is 8.61. The summed E-state index contributed by atoms with van der Waals surface area (Å²) in [5.74, 6) is 0.688. The van der Waals surface area contributed by atoms with Gasteiger partial charge in [0.25, 0.3) is 5.91 Å². The zero-order valence-corrected chi connectivity index (χ0v) is 17.8. The number of carbonyl (C=O) groups excluding carboxylic acids is 2. The van der Waals surface area contributed by atoms with Gasteiger partial charge in [0.2, 0.25) is 5.91 Å². The van der Waals surface area contributed by atoms with Crippen molar-refractivity contribution in [1.29, 1.82) is 0 Å². The van der Waals surface area contributed by atoms with Crippen molar-refractivity contribution in [1.82, 2.24) is 10.2 Å². The molecule has 1 aliphatic carbocycles. The van der Waals surface area contributed by atoms with Gasteiger partial charge in [-0.05, 0) is 49.1 Å². The molecule has 0 aromatic heterocycles.